The topological polar surface area (TPSA) is 33.3 Å². The Hall–Kier alpha value is -1.81. The van der Waals surface area contributed by atoms with Gasteiger partial charge in [-0.2, -0.15) is 0 Å². The van der Waals surface area contributed by atoms with Gasteiger partial charge < -0.3 is 15.4 Å². The SMILES string of the molecule is S=C(NCCOc1ccc2ccccc2c1)NC1CCCCC1. The minimum atomic E-state index is 0.546. The van der Waals surface area contributed by atoms with Crippen LogP contribution in [-0.2, 0) is 0 Å². The standard InChI is InChI=1S/C19H24N2OS/c23-19(21-17-8-2-1-3-9-17)20-12-13-22-18-11-10-15-6-4-5-7-16(15)14-18/h4-7,10-11,14,17H,1-3,8-9,12-13H2,(H2,20,21,23). The second-order valence-corrected chi connectivity index (χ2v) is 6.50. The first kappa shape index (κ1) is 16.1. The van der Waals surface area contributed by atoms with Crippen molar-refractivity contribution in [2.45, 2.75) is 38.1 Å². The van der Waals surface area contributed by atoms with Crippen LogP contribution >= 0.6 is 12.2 Å². The van der Waals surface area contributed by atoms with Crippen molar-refractivity contribution in [2.24, 2.45) is 0 Å². The summed E-state index contributed by atoms with van der Waals surface area (Å²) >= 11 is 5.35. The molecule has 0 unspecified atom stereocenters. The average Bonchev–Trinajstić information content (AvgIpc) is 2.59. The third kappa shape index (κ3) is 4.83. The fourth-order valence-electron chi connectivity index (χ4n) is 3.07. The Morgan fingerprint density at radius 2 is 1.83 bits per heavy atom. The van der Waals surface area contributed by atoms with Gasteiger partial charge in [0.1, 0.15) is 12.4 Å². The molecule has 0 atom stereocenters. The maximum Gasteiger partial charge on any atom is 0.166 e. The van der Waals surface area contributed by atoms with E-state index in [1.54, 1.807) is 0 Å². The Kier molecular flexibility index (Phi) is 5.70. The van der Waals surface area contributed by atoms with E-state index in [-0.39, 0.29) is 0 Å². The minimum Gasteiger partial charge on any atom is -0.492 e. The van der Waals surface area contributed by atoms with E-state index in [1.807, 2.05) is 18.2 Å². The third-order valence-electron chi connectivity index (χ3n) is 4.32. The zero-order chi connectivity index (χ0) is 15.9. The van der Waals surface area contributed by atoms with Gasteiger partial charge in [0, 0.05) is 6.04 Å². The third-order valence-corrected chi connectivity index (χ3v) is 4.58. The lowest BCUT2D eigenvalue weighted by molar-refractivity contribution is 0.322. The van der Waals surface area contributed by atoms with E-state index in [4.69, 9.17) is 17.0 Å². The van der Waals surface area contributed by atoms with Crippen LogP contribution in [0, 0.1) is 0 Å². The highest BCUT2D eigenvalue weighted by atomic mass is 32.1. The monoisotopic (exact) mass is 328 g/mol. The molecule has 0 saturated heterocycles. The predicted octanol–water partition coefficient (Wildman–Crippen LogP) is 4.02. The van der Waals surface area contributed by atoms with Gasteiger partial charge in [0.2, 0.25) is 0 Å². The summed E-state index contributed by atoms with van der Waals surface area (Å²) in [6.07, 6.45) is 6.44. The number of rotatable bonds is 5. The van der Waals surface area contributed by atoms with Gasteiger partial charge >= 0.3 is 0 Å². The van der Waals surface area contributed by atoms with Crippen LogP contribution in [0.2, 0.25) is 0 Å². The Bertz CT molecular complexity index is 653. The maximum atomic E-state index is 5.80. The zero-order valence-electron chi connectivity index (χ0n) is 13.4. The molecule has 122 valence electrons. The zero-order valence-corrected chi connectivity index (χ0v) is 14.2. The number of benzene rings is 2. The van der Waals surface area contributed by atoms with E-state index in [2.05, 4.69) is 34.9 Å². The molecular weight excluding hydrogens is 304 g/mol. The molecule has 3 rings (SSSR count). The fourth-order valence-corrected chi connectivity index (χ4v) is 3.34. The summed E-state index contributed by atoms with van der Waals surface area (Å²) < 4.78 is 5.80. The van der Waals surface area contributed by atoms with Crippen molar-refractivity contribution < 1.29 is 4.74 Å². The van der Waals surface area contributed by atoms with Gasteiger partial charge in [-0.05, 0) is 48.0 Å². The molecule has 1 aliphatic carbocycles. The molecule has 1 saturated carbocycles. The summed E-state index contributed by atoms with van der Waals surface area (Å²) in [5.74, 6) is 0.900. The van der Waals surface area contributed by atoms with E-state index in [1.165, 1.54) is 42.9 Å². The molecule has 23 heavy (non-hydrogen) atoms. The second-order valence-electron chi connectivity index (χ2n) is 6.09. The highest BCUT2D eigenvalue weighted by Gasteiger charge is 2.13. The summed E-state index contributed by atoms with van der Waals surface area (Å²) in [4.78, 5) is 0. The molecule has 0 aromatic heterocycles. The number of hydrogen-bond acceptors (Lipinski definition) is 2. The molecule has 0 bridgehead atoms. The Labute approximate surface area is 143 Å². The molecule has 1 fully saturated rings. The van der Waals surface area contributed by atoms with Crippen LogP contribution in [-0.4, -0.2) is 24.3 Å². The molecule has 0 aliphatic heterocycles. The molecule has 2 N–H and O–H groups in total. The quantitative estimate of drug-likeness (QED) is 0.642. The van der Waals surface area contributed by atoms with Crippen LogP contribution in [0.5, 0.6) is 5.75 Å². The Balaban J connectivity index is 1.39. The molecular formula is C19H24N2OS. The lowest BCUT2D eigenvalue weighted by Crippen LogP contribution is -2.43. The van der Waals surface area contributed by atoms with Crippen LogP contribution in [0.4, 0.5) is 0 Å². The fraction of sp³-hybridized carbons (Fsp3) is 0.421. The first-order valence-electron chi connectivity index (χ1n) is 8.47. The number of fused-ring (bicyclic) bond motifs is 1. The van der Waals surface area contributed by atoms with Gasteiger partial charge in [-0.15, -0.1) is 0 Å². The van der Waals surface area contributed by atoms with E-state index in [0.29, 0.717) is 19.2 Å². The number of hydrogen-bond donors (Lipinski definition) is 2. The Morgan fingerprint density at radius 3 is 2.65 bits per heavy atom. The first-order chi connectivity index (χ1) is 11.3. The lowest BCUT2D eigenvalue weighted by atomic mass is 9.96. The number of thiocarbonyl (C=S) groups is 1. The van der Waals surface area contributed by atoms with Crippen LogP contribution in [0.1, 0.15) is 32.1 Å². The average molecular weight is 328 g/mol. The summed E-state index contributed by atoms with van der Waals surface area (Å²) in [5.41, 5.74) is 0. The molecule has 0 amide bonds. The first-order valence-corrected chi connectivity index (χ1v) is 8.88. The van der Waals surface area contributed by atoms with Crippen molar-refractivity contribution >= 4 is 28.1 Å². The van der Waals surface area contributed by atoms with Gasteiger partial charge in [0.25, 0.3) is 0 Å². The molecule has 3 nitrogen and oxygen atoms in total. The van der Waals surface area contributed by atoms with Crippen LogP contribution in [0.15, 0.2) is 42.5 Å². The highest BCUT2D eigenvalue weighted by molar-refractivity contribution is 7.80. The van der Waals surface area contributed by atoms with Crippen LogP contribution in [0.25, 0.3) is 10.8 Å². The lowest BCUT2D eigenvalue weighted by Gasteiger charge is -2.24. The molecule has 2 aromatic carbocycles. The molecule has 0 heterocycles. The predicted molar refractivity (Wildman–Crippen MR) is 100 cm³/mol. The number of nitrogens with one attached hydrogen (secondary N) is 2. The van der Waals surface area contributed by atoms with Crippen molar-refractivity contribution in [1.82, 2.24) is 10.6 Å². The summed E-state index contributed by atoms with van der Waals surface area (Å²) in [6.45, 7) is 1.32. The van der Waals surface area contributed by atoms with Crippen molar-refractivity contribution in [3.8, 4) is 5.75 Å². The van der Waals surface area contributed by atoms with E-state index >= 15 is 0 Å². The minimum absolute atomic E-state index is 0.546. The summed E-state index contributed by atoms with van der Waals surface area (Å²) in [7, 11) is 0. The molecule has 0 spiro atoms. The van der Waals surface area contributed by atoms with Crippen molar-refractivity contribution in [1.29, 1.82) is 0 Å². The van der Waals surface area contributed by atoms with Gasteiger partial charge in [-0.3, -0.25) is 0 Å². The maximum absolute atomic E-state index is 5.80. The molecule has 2 aromatic rings. The van der Waals surface area contributed by atoms with Crippen molar-refractivity contribution in [3.05, 3.63) is 42.5 Å². The van der Waals surface area contributed by atoms with Gasteiger partial charge in [-0.1, -0.05) is 49.6 Å². The molecule has 1 aliphatic rings. The van der Waals surface area contributed by atoms with Crippen molar-refractivity contribution in [3.63, 3.8) is 0 Å². The van der Waals surface area contributed by atoms with Gasteiger partial charge in [0.05, 0.1) is 6.54 Å². The highest BCUT2D eigenvalue weighted by Crippen LogP contribution is 2.20. The van der Waals surface area contributed by atoms with E-state index < -0.39 is 0 Å². The van der Waals surface area contributed by atoms with E-state index in [0.717, 1.165) is 10.9 Å². The Morgan fingerprint density at radius 1 is 1.04 bits per heavy atom. The van der Waals surface area contributed by atoms with Gasteiger partial charge in [-0.25, -0.2) is 0 Å². The van der Waals surface area contributed by atoms with Crippen molar-refractivity contribution in [2.75, 3.05) is 13.2 Å². The summed E-state index contributed by atoms with van der Waals surface area (Å²) in [5, 5.41) is 9.82. The van der Waals surface area contributed by atoms with Crippen LogP contribution < -0.4 is 15.4 Å². The smallest absolute Gasteiger partial charge is 0.166 e. The summed E-state index contributed by atoms with van der Waals surface area (Å²) in [6, 6.07) is 15.0. The van der Waals surface area contributed by atoms with Crippen LogP contribution in [0.3, 0.4) is 0 Å². The number of ether oxygens (including phenoxy) is 1. The normalized spacial score (nSPS) is 15.3. The second kappa shape index (κ2) is 8.16. The largest absolute Gasteiger partial charge is 0.492 e. The molecule has 4 heteroatoms. The van der Waals surface area contributed by atoms with Gasteiger partial charge in [0.15, 0.2) is 5.11 Å². The van der Waals surface area contributed by atoms with E-state index in [9.17, 15) is 0 Å². The molecule has 0 radical (unpaired) electrons.